The first kappa shape index (κ1) is 14.0. The Kier molecular flexibility index (Phi) is 4.65. The Hall–Kier alpha value is -2.43. The van der Waals surface area contributed by atoms with Crippen molar-refractivity contribution in [2.45, 2.75) is 20.3 Å². The highest BCUT2D eigenvalue weighted by Crippen LogP contribution is 2.15. The lowest BCUT2D eigenvalue weighted by molar-refractivity contribution is 0.102. The van der Waals surface area contributed by atoms with Crippen LogP contribution in [0.25, 0.3) is 0 Å². The van der Waals surface area contributed by atoms with Crippen LogP contribution in [0.3, 0.4) is 0 Å². The summed E-state index contributed by atoms with van der Waals surface area (Å²) in [6.07, 6.45) is 4.32. The second-order valence-electron chi connectivity index (χ2n) is 4.47. The summed E-state index contributed by atoms with van der Waals surface area (Å²) >= 11 is 0. The molecule has 5 nitrogen and oxygen atoms in total. The zero-order valence-corrected chi connectivity index (χ0v) is 11.7. The van der Waals surface area contributed by atoms with Gasteiger partial charge in [-0.2, -0.15) is 0 Å². The van der Waals surface area contributed by atoms with Crippen LogP contribution in [0.2, 0.25) is 0 Å². The molecule has 0 atom stereocenters. The standard InChI is InChI=1S/C15H18N4O/c1-3-7-17-14-13(5-4-8-18-14)15(20)19-12-6-9-16-11(2)10-12/h4-6,8-10H,3,7H2,1-2H3,(H,17,18)(H,16,19,20). The molecule has 5 heteroatoms. The van der Waals surface area contributed by atoms with Crippen LogP contribution in [-0.4, -0.2) is 22.4 Å². The lowest BCUT2D eigenvalue weighted by Gasteiger charge is -2.10. The van der Waals surface area contributed by atoms with E-state index in [4.69, 9.17) is 0 Å². The molecule has 2 aromatic heterocycles. The number of rotatable bonds is 5. The van der Waals surface area contributed by atoms with Crippen molar-refractivity contribution >= 4 is 17.4 Å². The van der Waals surface area contributed by atoms with Crippen LogP contribution < -0.4 is 10.6 Å². The number of nitrogens with zero attached hydrogens (tertiary/aromatic N) is 2. The Labute approximate surface area is 118 Å². The predicted molar refractivity (Wildman–Crippen MR) is 79.9 cm³/mol. The first-order chi connectivity index (χ1) is 9.70. The molecular formula is C15H18N4O. The Morgan fingerprint density at radius 3 is 2.85 bits per heavy atom. The monoisotopic (exact) mass is 270 g/mol. The topological polar surface area (TPSA) is 66.9 Å². The van der Waals surface area contributed by atoms with Crippen LogP contribution in [0.5, 0.6) is 0 Å². The summed E-state index contributed by atoms with van der Waals surface area (Å²) in [6, 6.07) is 7.10. The summed E-state index contributed by atoms with van der Waals surface area (Å²) in [7, 11) is 0. The van der Waals surface area contributed by atoms with E-state index in [2.05, 4.69) is 27.5 Å². The van der Waals surface area contributed by atoms with Crippen LogP contribution in [0.1, 0.15) is 29.4 Å². The molecule has 2 N–H and O–H groups in total. The van der Waals surface area contributed by atoms with Gasteiger partial charge < -0.3 is 10.6 Å². The summed E-state index contributed by atoms with van der Waals surface area (Å²) in [5.74, 6) is 0.430. The van der Waals surface area contributed by atoms with Crippen molar-refractivity contribution in [2.24, 2.45) is 0 Å². The molecule has 0 unspecified atom stereocenters. The number of aromatic nitrogens is 2. The number of nitrogens with one attached hydrogen (secondary N) is 2. The summed E-state index contributed by atoms with van der Waals surface area (Å²) in [5.41, 5.74) is 2.13. The zero-order valence-electron chi connectivity index (χ0n) is 11.7. The van der Waals surface area contributed by atoms with E-state index in [1.165, 1.54) is 0 Å². The van der Waals surface area contributed by atoms with Gasteiger partial charge in [-0.15, -0.1) is 0 Å². The van der Waals surface area contributed by atoms with Gasteiger partial charge in [-0.3, -0.25) is 9.78 Å². The SMILES string of the molecule is CCCNc1ncccc1C(=O)Nc1ccnc(C)c1. The number of hydrogen-bond donors (Lipinski definition) is 2. The maximum absolute atomic E-state index is 12.3. The molecule has 104 valence electrons. The van der Waals surface area contributed by atoms with Crippen molar-refractivity contribution < 1.29 is 4.79 Å². The predicted octanol–water partition coefficient (Wildman–Crippen LogP) is 2.86. The number of pyridine rings is 2. The van der Waals surface area contributed by atoms with Gasteiger partial charge in [0.2, 0.25) is 0 Å². The van der Waals surface area contributed by atoms with E-state index in [1.807, 2.05) is 13.0 Å². The Morgan fingerprint density at radius 2 is 2.10 bits per heavy atom. The van der Waals surface area contributed by atoms with Gasteiger partial charge in [0, 0.05) is 30.3 Å². The molecule has 0 bridgehead atoms. The third-order valence-electron chi connectivity index (χ3n) is 2.75. The quantitative estimate of drug-likeness (QED) is 0.876. The summed E-state index contributed by atoms with van der Waals surface area (Å²) in [6.45, 7) is 4.73. The highest BCUT2D eigenvalue weighted by molar-refractivity contribution is 6.07. The molecular weight excluding hydrogens is 252 g/mol. The zero-order chi connectivity index (χ0) is 14.4. The summed E-state index contributed by atoms with van der Waals surface area (Å²) < 4.78 is 0. The second-order valence-corrected chi connectivity index (χ2v) is 4.47. The van der Waals surface area contributed by atoms with E-state index in [0.29, 0.717) is 11.4 Å². The van der Waals surface area contributed by atoms with E-state index in [9.17, 15) is 4.79 Å². The number of carbonyl (C=O) groups is 1. The van der Waals surface area contributed by atoms with Crippen LogP contribution in [0, 0.1) is 6.92 Å². The Morgan fingerprint density at radius 1 is 1.25 bits per heavy atom. The van der Waals surface area contributed by atoms with Gasteiger partial charge in [-0.05, 0) is 37.6 Å². The molecule has 0 aliphatic rings. The maximum Gasteiger partial charge on any atom is 0.259 e. The van der Waals surface area contributed by atoms with E-state index >= 15 is 0 Å². The van der Waals surface area contributed by atoms with Gasteiger partial charge in [0.05, 0.1) is 5.56 Å². The third kappa shape index (κ3) is 3.54. The molecule has 0 saturated heterocycles. The minimum Gasteiger partial charge on any atom is -0.369 e. The van der Waals surface area contributed by atoms with Crippen molar-refractivity contribution in [1.29, 1.82) is 0 Å². The van der Waals surface area contributed by atoms with Gasteiger partial charge in [0.15, 0.2) is 0 Å². The average Bonchev–Trinajstić information content (AvgIpc) is 2.45. The van der Waals surface area contributed by atoms with Crippen LogP contribution in [0.4, 0.5) is 11.5 Å². The summed E-state index contributed by atoms with van der Waals surface area (Å²) in [5, 5.41) is 6.01. The van der Waals surface area contributed by atoms with E-state index in [-0.39, 0.29) is 5.91 Å². The van der Waals surface area contributed by atoms with Gasteiger partial charge in [-0.1, -0.05) is 6.92 Å². The highest BCUT2D eigenvalue weighted by Gasteiger charge is 2.12. The van der Waals surface area contributed by atoms with Crippen LogP contribution >= 0.6 is 0 Å². The fourth-order valence-electron chi connectivity index (χ4n) is 1.79. The highest BCUT2D eigenvalue weighted by atomic mass is 16.1. The van der Waals surface area contributed by atoms with Gasteiger partial charge in [0.25, 0.3) is 5.91 Å². The van der Waals surface area contributed by atoms with Crippen molar-refractivity contribution in [1.82, 2.24) is 9.97 Å². The summed E-state index contributed by atoms with van der Waals surface area (Å²) in [4.78, 5) is 20.6. The molecule has 1 amide bonds. The molecule has 0 aliphatic heterocycles. The minimum absolute atomic E-state index is 0.178. The van der Waals surface area contributed by atoms with Crippen LogP contribution in [-0.2, 0) is 0 Å². The molecule has 0 spiro atoms. The van der Waals surface area contributed by atoms with Crippen molar-refractivity contribution in [2.75, 3.05) is 17.2 Å². The molecule has 0 aromatic carbocycles. The number of amides is 1. The first-order valence-electron chi connectivity index (χ1n) is 6.63. The largest absolute Gasteiger partial charge is 0.369 e. The van der Waals surface area contributed by atoms with Gasteiger partial charge in [-0.25, -0.2) is 4.98 Å². The molecule has 0 fully saturated rings. The average molecular weight is 270 g/mol. The maximum atomic E-state index is 12.3. The van der Waals surface area contributed by atoms with Crippen molar-refractivity contribution in [3.05, 3.63) is 47.9 Å². The van der Waals surface area contributed by atoms with Crippen molar-refractivity contribution in [3.8, 4) is 0 Å². The number of anilines is 2. The number of aryl methyl sites for hydroxylation is 1. The fourth-order valence-corrected chi connectivity index (χ4v) is 1.79. The van der Waals surface area contributed by atoms with E-state index in [0.717, 1.165) is 24.3 Å². The third-order valence-corrected chi connectivity index (χ3v) is 2.75. The van der Waals surface area contributed by atoms with Gasteiger partial charge >= 0.3 is 0 Å². The van der Waals surface area contributed by atoms with E-state index < -0.39 is 0 Å². The lowest BCUT2D eigenvalue weighted by Crippen LogP contribution is -2.16. The fraction of sp³-hybridized carbons (Fsp3) is 0.267. The molecule has 2 heterocycles. The minimum atomic E-state index is -0.178. The molecule has 0 saturated carbocycles. The Bertz CT molecular complexity index is 598. The molecule has 2 rings (SSSR count). The number of hydrogen-bond acceptors (Lipinski definition) is 4. The Balaban J connectivity index is 2.16. The molecule has 20 heavy (non-hydrogen) atoms. The van der Waals surface area contributed by atoms with Crippen molar-refractivity contribution in [3.63, 3.8) is 0 Å². The smallest absolute Gasteiger partial charge is 0.259 e. The number of carbonyl (C=O) groups excluding carboxylic acids is 1. The van der Waals surface area contributed by atoms with Gasteiger partial charge in [0.1, 0.15) is 5.82 Å². The van der Waals surface area contributed by atoms with E-state index in [1.54, 1.807) is 30.6 Å². The first-order valence-corrected chi connectivity index (χ1v) is 6.63. The second kappa shape index (κ2) is 6.65. The lowest BCUT2D eigenvalue weighted by atomic mass is 10.2. The molecule has 0 radical (unpaired) electrons. The molecule has 2 aromatic rings. The van der Waals surface area contributed by atoms with Crippen LogP contribution in [0.15, 0.2) is 36.7 Å². The molecule has 0 aliphatic carbocycles. The normalized spacial score (nSPS) is 10.1.